The van der Waals surface area contributed by atoms with E-state index in [0.717, 1.165) is 25.3 Å². The van der Waals surface area contributed by atoms with Crippen LogP contribution >= 0.6 is 0 Å². The second-order valence-electron chi connectivity index (χ2n) is 3.77. The van der Waals surface area contributed by atoms with Gasteiger partial charge < -0.3 is 9.52 Å². The van der Waals surface area contributed by atoms with E-state index in [2.05, 4.69) is 6.92 Å². The number of unbranched alkanes of at least 4 members (excludes halogenated alkanes) is 2. The maximum absolute atomic E-state index is 11.5. The molecule has 16 heavy (non-hydrogen) atoms. The molecule has 1 aromatic rings. The Morgan fingerprint density at radius 3 is 2.75 bits per heavy atom. The van der Waals surface area contributed by atoms with Gasteiger partial charge in [-0.1, -0.05) is 19.8 Å². The Bertz CT molecular complexity index is 406. The highest BCUT2D eigenvalue weighted by Crippen LogP contribution is 2.10. The predicted molar refractivity (Wildman–Crippen MR) is 59.5 cm³/mol. The van der Waals surface area contributed by atoms with Gasteiger partial charge in [-0.2, -0.15) is 0 Å². The third-order valence-electron chi connectivity index (χ3n) is 2.24. The molecule has 88 valence electrons. The van der Waals surface area contributed by atoms with E-state index in [0.29, 0.717) is 6.42 Å². The maximum atomic E-state index is 11.5. The molecule has 0 aromatic carbocycles. The highest BCUT2D eigenvalue weighted by molar-refractivity contribution is 5.80. The smallest absolute Gasteiger partial charge is 0.339 e. The summed E-state index contributed by atoms with van der Waals surface area (Å²) in [5.41, 5.74) is -0.628. The predicted octanol–water partition coefficient (Wildman–Crippen LogP) is 2.04. The van der Waals surface area contributed by atoms with Gasteiger partial charge in [-0.25, -0.2) is 4.79 Å². The summed E-state index contributed by atoms with van der Waals surface area (Å²) < 4.78 is 4.80. The largest absolute Gasteiger partial charge is 0.508 e. The van der Waals surface area contributed by atoms with Gasteiger partial charge in [0, 0.05) is 12.5 Å². The van der Waals surface area contributed by atoms with Crippen LogP contribution in [0.15, 0.2) is 21.3 Å². The van der Waals surface area contributed by atoms with Crippen LogP contribution in [-0.2, 0) is 11.2 Å². The lowest BCUT2D eigenvalue weighted by Crippen LogP contribution is -2.06. The van der Waals surface area contributed by atoms with Crippen LogP contribution in [0, 0.1) is 0 Å². The molecule has 0 bridgehead atoms. The number of rotatable bonds is 6. The molecule has 0 saturated carbocycles. The van der Waals surface area contributed by atoms with E-state index in [1.807, 2.05) is 0 Å². The van der Waals surface area contributed by atoms with Gasteiger partial charge in [0.2, 0.25) is 0 Å². The second-order valence-corrected chi connectivity index (χ2v) is 3.77. The van der Waals surface area contributed by atoms with Crippen LogP contribution in [0.3, 0.4) is 0 Å². The molecule has 0 aliphatic heterocycles. The molecule has 1 heterocycles. The van der Waals surface area contributed by atoms with Crippen molar-refractivity contribution >= 4 is 5.78 Å². The Morgan fingerprint density at radius 1 is 1.38 bits per heavy atom. The summed E-state index contributed by atoms with van der Waals surface area (Å²) in [6.45, 7) is 2.07. The molecule has 0 radical (unpaired) electrons. The van der Waals surface area contributed by atoms with Crippen molar-refractivity contribution in [2.45, 2.75) is 39.0 Å². The Morgan fingerprint density at radius 2 is 2.12 bits per heavy atom. The molecule has 4 heteroatoms. The zero-order chi connectivity index (χ0) is 12.0. The average molecular weight is 224 g/mol. The van der Waals surface area contributed by atoms with Crippen molar-refractivity contribution in [2.24, 2.45) is 0 Å². The van der Waals surface area contributed by atoms with E-state index in [1.165, 1.54) is 6.07 Å². The van der Waals surface area contributed by atoms with Crippen molar-refractivity contribution in [3.05, 3.63) is 28.3 Å². The monoisotopic (exact) mass is 224 g/mol. The van der Waals surface area contributed by atoms with E-state index >= 15 is 0 Å². The summed E-state index contributed by atoms with van der Waals surface area (Å²) >= 11 is 0. The normalized spacial score (nSPS) is 10.3. The standard InChI is InChI=1S/C12H16O4/c1-2-3-4-5-9(13)6-11-7-10(14)8-12(15)16-11/h7-8,14H,2-6H2,1H3. The summed E-state index contributed by atoms with van der Waals surface area (Å²) in [5, 5.41) is 9.15. The molecule has 1 N–H and O–H groups in total. The summed E-state index contributed by atoms with van der Waals surface area (Å²) in [7, 11) is 0. The molecule has 0 fully saturated rings. The quantitative estimate of drug-likeness (QED) is 0.751. The third-order valence-corrected chi connectivity index (χ3v) is 2.24. The first-order chi connectivity index (χ1) is 7.61. The molecular weight excluding hydrogens is 208 g/mol. The number of aromatic hydroxyl groups is 1. The number of Topliss-reactive ketones (excluding diaryl/α,β-unsaturated/α-hetero) is 1. The lowest BCUT2D eigenvalue weighted by molar-refractivity contribution is -0.118. The summed E-state index contributed by atoms with van der Waals surface area (Å²) in [4.78, 5) is 22.4. The van der Waals surface area contributed by atoms with Crippen LogP contribution in [0.4, 0.5) is 0 Å². The van der Waals surface area contributed by atoms with Crippen LogP contribution < -0.4 is 5.63 Å². The Kier molecular flexibility index (Phi) is 4.76. The van der Waals surface area contributed by atoms with Crippen LogP contribution in [0.1, 0.15) is 38.4 Å². The van der Waals surface area contributed by atoms with Crippen LogP contribution in [0.25, 0.3) is 0 Å². The number of hydrogen-bond donors (Lipinski definition) is 1. The fourth-order valence-electron chi connectivity index (χ4n) is 1.46. The zero-order valence-electron chi connectivity index (χ0n) is 9.36. The van der Waals surface area contributed by atoms with Gasteiger partial charge in [0.1, 0.15) is 17.3 Å². The van der Waals surface area contributed by atoms with Crippen molar-refractivity contribution in [3.63, 3.8) is 0 Å². The van der Waals surface area contributed by atoms with E-state index in [1.54, 1.807) is 0 Å². The maximum Gasteiger partial charge on any atom is 0.339 e. The highest BCUT2D eigenvalue weighted by atomic mass is 16.4. The van der Waals surface area contributed by atoms with Crippen LogP contribution in [0.2, 0.25) is 0 Å². The molecule has 0 spiro atoms. The fraction of sp³-hybridized carbons (Fsp3) is 0.500. The summed E-state index contributed by atoms with van der Waals surface area (Å²) in [6, 6.07) is 2.28. The number of carbonyl (C=O) groups is 1. The average Bonchev–Trinajstić information content (AvgIpc) is 2.16. The van der Waals surface area contributed by atoms with E-state index in [-0.39, 0.29) is 23.7 Å². The lowest BCUT2D eigenvalue weighted by atomic mass is 10.1. The van der Waals surface area contributed by atoms with E-state index in [9.17, 15) is 9.59 Å². The van der Waals surface area contributed by atoms with Gasteiger partial charge in [-0.3, -0.25) is 4.79 Å². The number of ketones is 1. The molecule has 0 unspecified atom stereocenters. The minimum absolute atomic E-state index is 0.0298. The third kappa shape index (κ3) is 4.29. The Labute approximate surface area is 93.9 Å². The molecule has 0 aliphatic carbocycles. The van der Waals surface area contributed by atoms with E-state index in [4.69, 9.17) is 9.52 Å². The molecule has 0 saturated heterocycles. The molecule has 4 nitrogen and oxygen atoms in total. The first kappa shape index (κ1) is 12.5. The van der Waals surface area contributed by atoms with Crippen LogP contribution in [0.5, 0.6) is 5.75 Å². The first-order valence-electron chi connectivity index (χ1n) is 5.46. The molecule has 0 atom stereocenters. The second kappa shape index (κ2) is 6.10. The molecule has 1 rings (SSSR count). The van der Waals surface area contributed by atoms with Gasteiger partial charge in [0.15, 0.2) is 0 Å². The van der Waals surface area contributed by atoms with Crippen molar-refractivity contribution in [1.82, 2.24) is 0 Å². The van der Waals surface area contributed by atoms with E-state index < -0.39 is 5.63 Å². The topological polar surface area (TPSA) is 67.5 Å². The fourth-order valence-corrected chi connectivity index (χ4v) is 1.46. The Hall–Kier alpha value is -1.58. The zero-order valence-corrected chi connectivity index (χ0v) is 9.36. The van der Waals surface area contributed by atoms with Gasteiger partial charge >= 0.3 is 5.63 Å². The van der Waals surface area contributed by atoms with Crippen molar-refractivity contribution < 1.29 is 14.3 Å². The van der Waals surface area contributed by atoms with Gasteiger partial charge in [-0.15, -0.1) is 0 Å². The summed E-state index contributed by atoms with van der Waals surface area (Å²) in [6.07, 6.45) is 3.52. The first-order valence-corrected chi connectivity index (χ1v) is 5.46. The number of hydrogen-bond acceptors (Lipinski definition) is 4. The number of carbonyl (C=O) groups excluding carboxylic acids is 1. The molecule has 0 amide bonds. The lowest BCUT2D eigenvalue weighted by Gasteiger charge is -2.00. The van der Waals surface area contributed by atoms with Crippen molar-refractivity contribution in [3.8, 4) is 5.75 Å². The minimum Gasteiger partial charge on any atom is -0.508 e. The SMILES string of the molecule is CCCCCC(=O)Cc1cc(O)cc(=O)o1. The molecule has 0 aliphatic rings. The molecular formula is C12H16O4. The minimum atomic E-state index is -0.628. The van der Waals surface area contributed by atoms with Crippen molar-refractivity contribution in [2.75, 3.05) is 0 Å². The van der Waals surface area contributed by atoms with Gasteiger partial charge in [0.25, 0.3) is 0 Å². The molecule has 1 aromatic heterocycles. The Balaban J connectivity index is 2.52. The highest BCUT2D eigenvalue weighted by Gasteiger charge is 2.07. The van der Waals surface area contributed by atoms with Gasteiger partial charge in [-0.05, 0) is 6.42 Å². The van der Waals surface area contributed by atoms with Gasteiger partial charge in [0.05, 0.1) is 12.5 Å². The van der Waals surface area contributed by atoms with Crippen molar-refractivity contribution in [1.29, 1.82) is 0 Å². The summed E-state index contributed by atoms with van der Waals surface area (Å²) in [5.74, 6) is 0.0984. The van der Waals surface area contributed by atoms with Crippen LogP contribution in [-0.4, -0.2) is 10.9 Å².